The topological polar surface area (TPSA) is 183 Å². The molecule has 0 aromatic heterocycles. The van der Waals surface area contributed by atoms with Gasteiger partial charge in [-0.3, -0.25) is 13.7 Å². The van der Waals surface area contributed by atoms with Crippen LogP contribution < -0.4 is 0 Å². The third-order valence-electron chi connectivity index (χ3n) is 4.59. The fraction of sp³-hybridized carbons (Fsp3) is 0. The molecule has 0 aliphatic heterocycles. The van der Waals surface area contributed by atoms with E-state index < -0.39 is 50.8 Å². The monoisotopic (exact) mass is 458 g/mol. The summed E-state index contributed by atoms with van der Waals surface area (Å²) in [5.41, 5.74) is 0. The minimum Gasteiger partial charge on any atom is -0.507 e. The van der Waals surface area contributed by atoms with Gasteiger partial charge in [-0.25, -0.2) is 0 Å². The van der Waals surface area contributed by atoms with Crippen LogP contribution in [0.2, 0.25) is 0 Å². The summed E-state index contributed by atoms with van der Waals surface area (Å²) in [5.74, 6) is -0.579. The van der Waals surface area contributed by atoms with E-state index in [2.05, 4.69) is 0 Å². The van der Waals surface area contributed by atoms with Gasteiger partial charge in [-0.1, -0.05) is 12.1 Å². The first-order valence-electron chi connectivity index (χ1n) is 7.61. The highest BCUT2D eigenvalue weighted by atomic mass is 32.2. The molecule has 0 unspecified atom stereocenters. The van der Waals surface area contributed by atoms with Crippen LogP contribution in [0.4, 0.5) is 0 Å². The first-order valence-corrected chi connectivity index (χ1v) is 11.9. The van der Waals surface area contributed by atoms with E-state index in [4.69, 9.17) is 0 Å². The molecule has 0 saturated heterocycles. The molecule has 152 valence electrons. The Balaban J connectivity index is 2.49. The standard InChI is InChI=1S/C16H10O10S3/c17-11-6-14(29(24,25)26)10-5-13(28(21,22)23)9-3-4-12(27(18,19)20)8-2-1-7(11)15(10)16(8)9/h1-6,17H,(H,18,19,20)(H,21,22,23)(H,24,25,26). The summed E-state index contributed by atoms with van der Waals surface area (Å²) < 4.78 is 99.7. The predicted octanol–water partition coefficient (Wildman–Crippen LogP) is 2.03. The van der Waals surface area contributed by atoms with E-state index in [9.17, 15) is 44.0 Å². The van der Waals surface area contributed by atoms with Crippen LogP contribution in [-0.4, -0.2) is 44.0 Å². The summed E-state index contributed by atoms with van der Waals surface area (Å²) in [4.78, 5) is -2.20. The molecule has 0 bridgehead atoms. The van der Waals surface area contributed by atoms with E-state index in [1.165, 1.54) is 12.1 Å². The molecule has 4 aromatic rings. The molecule has 0 heterocycles. The smallest absolute Gasteiger partial charge is 0.295 e. The zero-order valence-electron chi connectivity index (χ0n) is 13.9. The summed E-state index contributed by atoms with van der Waals surface area (Å²) in [6, 6.07) is 5.88. The third kappa shape index (κ3) is 2.90. The Hall–Kier alpha value is -2.55. The lowest BCUT2D eigenvalue weighted by molar-refractivity contribution is 0.471. The zero-order valence-corrected chi connectivity index (χ0v) is 16.4. The molecule has 0 aliphatic rings. The van der Waals surface area contributed by atoms with Crippen LogP contribution >= 0.6 is 0 Å². The Kier molecular flexibility index (Phi) is 3.91. The van der Waals surface area contributed by atoms with E-state index in [1.807, 2.05) is 0 Å². The lowest BCUT2D eigenvalue weighted by Gasteiger charge is -2.17. The minimum absolute atomic E-state index is 0.0271. The van der Waals surface area contributed by atoms with E-state index in [0.29, 0.717) is 6.07 Å². The molecule has 10 nitrogen and oxygen atoms in total. The maximum Gasteiger partial charge on any atom is 0.295 e. The van der Waals surface area contributed by atoms with Crippen molar-refractivity contribution in [2.45, 2.75) is 14.7 Å². The summed E-state index contributed by atoms with van der Waals surface area (Å²) in [6.45, 7) is 0. The van der Waals surface area contributed by atoms with Crippen LogP contribution in [0, 0.1) is 0 Å². The van der Waals surface area contributed by atoms with Crippen molar-refractivity contribution in [3.05, 3.63) is 36.4 Å². The van der Waals surface area contributed by atoms with Gasteiger partial charge in [0, 0.05) is 38.4 Å². The van der Waals surface area contributed by atoms with Crippen LogP contribution in [0.25, 0.3) is 32.3 Å². The van der Waals surface area contributed by atoms with Crippen molar-refractivity contribution in [2.75, 3.05) is 0 Å². The first-order chi connectivity index (χ1) is 13.2. The van der Waals surface area contributed by atoms with Gasteiger partial charge >= 0.3 is 0 Å². The van der Waals surface area contributed by atoms with Crippen LogP contribution in [0.1, 0.15) is 0 Å². The molecular formula is C16H10O10S3. The van der Waals surface area contributed by atoms with Gasteiger partial charge < -0.3 is 5.11 Å². The van der Waals surface area contributed by atoms with Gasteiger partial charge in [0.1, 0.15) is 20.4 Å². The Bertz CT molecular complexity index is 1660. The van der Waals surface area contributed by atoms with E-state index >= 15 is 0 Å². The number of aromatic hydroxyl groups is 1. The molecule has 0 radical (unpaired) electrons. The number of rotatable bonds is 3. The molecule has 29 heavy (non-hydrogen) atoms. The molecule has 4 N–H and O–H groups in total. The van der Waals surface area contributed by atoms with Gasteiger partial charge in [-0.05, 0) is 18.2 Å². The fourth-order valence-corrected chi connectivity index (χ4v) is 5.63. The molecule has 0 atom stereocenters. The largest absolute Gasteiger partial charge is 0.507 e. The van der Waals surface area contributed by atoms with Crippen molar-refractivity contribution in [1.82, 2.24) is 0 Å². The molecule has 0 aliphatic carbocycles. The average Bonchev–Trinajstić information content (AvgIpc) is 2.57. The van der Waals surface area contributed by atoms with Gasteiger partial charge in [-0.15, -0.1) is 0 Å². The third-order valence-corrected chi connectivity index (χ3v) is 7.29. The van der Waals surface area contributed by atoms with Crippen molar-refractivity contribution in [1.29, 1.82) is 0 Å². The van der Waals surface area contributed by atoms with Crippen LogP contribution in [-0.2, 0) is 30.4 Å². The fourth-order valence-electron chi connectivity index (χ4n) is 3.53. The second kappa shape index (κ2) is 5.75. The second-order valence-electron chi connectivity index (χ2n) is 6.26. The molecular weight excluding hydrogens is 448 g/mol. The molecule has 0 saturated carbocycles. The maximum atomic E-state index is 11.9. The van der Waals surface area contributed by atoms with Crippen molar-refractivity contribution in [3.8, 4) is 5.75 Å². The van der Waals surface area contributed by atoms with E-state index in [-0.39, 0.29) is 32.3 Å². The molecule has 4 rings (SSSR count). The quantitative estimate of drug-likeness (QED) is 0.262. The highest BCUT2D eigenvalue weighted by Gasteiger charge is 2.27. The number of hydrogen-bond donors (Lipinski definition) is 4. The molecule has 0 amide bonds. The Morgan fingerprint density at radius 2 is 0.931 bits per heavy atom. The lowest BCUT2D eigenvalue weighted by Crippen LogP contribution is -2.05. The maximum absolute atomic E-state index is 11.9. The summed E-state index contributed by atoms with van der Waals surface area (Å²) in [7, 11) is -14.6. The van der Waals surface area contributed by atoms with Crippen LogP contribution in [0.3, 0.4) is 0 Å². The van der Waals surface area contributed by atoms with Crippen LogP contribution in [0.15, 0.2) is 51.1 Å². The second-order valence-corrected chi connectivity index (χ2v) is 10.4. The first kappa shape index (κ1) is 19.8. The molecule has 13 heteroatoms. The average molecular weight is 458 g/mol. The van der Waals surface area contributed by atoms with Gasteiger partial charge in [-0.2, -0.15) is 25.3 Å². The normalized spacial score (nSPS) is 13.6. The van der Waals surface area contributed by atoms with Crippen molar-refractivity contribution in [2.24, 2.45) is 0 Å². The highest BCUT2D eigenvalue weighted by molar-refractivity contribution is 7.86. The van der Waals surface area contributed by atoms with Gasteiger partial charge in [0.25, 0.3) is 30.4 Å². The van der Waals surface area contributed by atoms with Gasteiger partial charge in [0.2, 0.25) is 0 Å². The van der Waals surface area contributed by atoms with Gasteiger partial charge in [0.15, 0.2) is 0 Å². The summed E-state index contributed by atoms with van der Waals surface area (Å²) in [5, 5.41) is 9.30. The number of phenolic OH excluding ortho intramolecular Hbond substituents is 1. The van der Waals surface area contributed by atoms with Crippen LogP contribution in [0.5, 0.6) is 5.75 Å². The van der Waals surface area contributed by atoms with E-state index in [0.717, 1.165) is 18.2 Å². The zero-order chi connectivity index (χ0) is 21.5. The van der Waals surface area contributed by atoms with Gasteiger partial charge in [0.05, 0.1) is 0 Å². The Morgan fingerprint density at radius 1 is 0.517 bits per heavy atom. The van der Waals surface area contributed by atoms with Crippen molar-refractivity contribution in [3.63, 3.8) is 0 Å². The van der Waals surface area contributed by atoms with E-state index in [1.54, 1.807) is 0 Å². The summed E-state index contributed by atoms with van der Waals surface area (Å²) in [6.07, 6.45) is 0. The Morgan fingerprint density at radius 3 is 1.48 bits per heavy atom. The number of phenols is 1. The van der Waals surface area contributed by atoms with Crippen molar-refractivity contribution >= 4 is 62.7 Å². The Labute approximate surface area is 163 Å². The SMILES string of the molecule is O=S(=O)(O)c1cc(O)c2ccc3c(S(=O)(=O)O)ccc4c(S(=O)(=O)O)cc1c2c34. The minimum atomic E-state index is -4.96. The number of hydrogen-bond acceptors (Lipinski definition) is 7. The molecule has 0 spiro atoms. The summed E-state index contributed by atoms with van der Waals surface area (Å²) >= 11 is 0. The number of benzene rings is 4. The molecule has 0 fully saturated rings. The predicted molar refractivity (Wildman–Crippen MR) is 101 cm³/mol. The lowest BCUT2D eigenvalue weighted by atomic mass is 9.93. The molecule has 4 aromatic carbocycles. The highest BCUT2D eigenvalue weighted by Crippen LogP contribution is 2.45. The van der Waals surface area contributed by atoms with Crippen molar-refractivity contribution < 1.29 is 44.0 Å².